The van der Waals surface area contributed by atoms with E-state index in [0.29, 0.717) is 11.8 Å². The molecule has 0 aromatic heterocycles. The van der Waals surface area contributed by atoms with E-state index in [-0.39, 0.29) is 0 Å². The standard InChI is InChI=1S/C22H22Cl/c1-3-14(2)16-7-4-6-15-10-11-18-17-8-5-9-21(23)19(17)12-13-20(18)22(15)16/h3-6,8-11,14,16H,7,12-13H2,1-2H3. The molecule has 0 heterocycles. The third-order valence-electron chi connectivity index (χ3n) is 5.64. The SMILES string of the molecule is C[CH]C(C)C1CC=Cc2ccc3c(c21)CCc1c(Cl)cccc1-3. The van der Waals surface area contributed by atoms with Crippen LogP contribution in [0, 0.1) is 12.3 Å². The molecule has 0 bridgehead atoms. The molecule has 0 fully saturated rings. The zero-order valence-electron chi connectivity index (χ0n) is 13.8. The second-order valence-corrected chi connectivity index (χ2v) is 7.20. The van der Waals surface area contributed by atoms with Gasteiger partial charge in [0.05, 0.1) is 0 Å². The third-order valence-corrected chi connectivity index (χ3v) is 6.00. The fourth-order valence-corrected chi connectivity index (χ4v) is 4.54. The minimum Gasteiger partial charge on any atom is -0.0840 e. The van der Waals surface area contributed by atoms with Gasteiger partial charge in [0.15, 0.2) is 0 Å². The van der Waals surface area contributed by atoms with Gasteiger partial charge >= 0.3 is 0 Å². The largest absolute Gasteiger partial charge is 0.0840 e. The van der Waals surface area contributed by atoms with Crippen molar-refractivity contribution in [3.05, 3.63) is 70.1 Å². The Kier molecular flexibility index (Phi) is 3.81. The van der Waals surface area contributed by atoms with Crippen LogP contribution >= 0.6 is 11.6 Å². The van der Waals surface area contributed by atoms with E-state index in [9.17, 15) is 0 Å². The van der Waals surface area contributed by atoms with Crippen molar-refractivity contribution in [1.82, 2.24) is 0 Å². The fourth-order valence-electron chi connectivity index (χ4n) is 4.27. The zero-order chi connectivity index (χ0) is 16.0. The maximum Gasteiger partial charge on any atom is 0.0444 e. The van der Waals surface area contributed by atoms with Crippen LogP contribution in [0.2, 0.25) is 5.02 Å². The summed E-state index contributed by atoms with van der Waals surface area (Å²) in [4.78, 5) is 0. The van der Waals surface area contributed by atoms with E-state index < -0.39 is 0 Å². The summed E-state index contributed by atoms with van der Waals surface area (Å²) in [7, 11) is 0. The first-order valence-corrected chi connectivity index (χ1v) is 8.98. The van der Waals surface area contributed by atoms with Crippen molar-refractivity contribution in [1.29, 1.82) is 0 Å². The first-order valence-electron chi connectivity index (χ1n) is 8.60. The van der Waals surface area contributed by atoms with Crippen LogP contribution in [0.15, 0.2) is 36.4 Å². The van der Waals surface area contributed by atoms with E-state index in [1.807, 2.05) is 6.07 Å². The maximum atomic E-state index is 6.44. The van der Waals surface area contributed by atoms with Crippen molar-refractivity contribution in [3.63, 3.8) is 0 Å². The van der Waals surface area contributed by atoms with Gasteiger partial charge in [-0.1, -0.05) is 61.9 Å². The predicted molar refractivity (Wildman–Crippen MR) is 99.8 cm³/mol. The Morgan fingerprint density at radius 1 is 1.09 bits per heavy atom. The molecule has 2 aromatic rings. The monoisotopic (exact) mass is 321 g/mol. The molecule has 2 unspecified atom stereocenters. The molecule has 0 amide bonds. The van der Waals surface area contributed by atoms with Crippen molar-refractivity contribution in [2.45, 2.75) is 39.0 Å². The summed E-state index contributed by atoms with van der Waals surface area (Å²) >= 11 is 6.44. The number of benzene rings is 2. The lowest BCUT2D eigenvalue weighted by atomic mass is 9.72. The summed E-state index contributed by atoms with van der Waals surface area (Å²) in [6.07, 6.45) is 10.3. The average Bonchev–Trinajstić information content (AvgIpc) is 2.60. The maximum absolute atomic E-state index is 6.44. The van der Waals surface area contributed by atoms with Gasteiger partial charge in [-0.05, 0) is 77.0 Å². The lowest BCUT2D eigenvalue weighted by Crippen LogP contribution is -2.18. The van der Waals surface area contributed by atoms with Gasteiger partial charge in [-0.25, -0.2) is 0 Å². The van der Waals surface area contributed by atoms with Gasteiger partial charge in [0, 0.05) is 5.02 Å². The van der Waals surface area contributed by atoms with Crippen LogP contribution < -0.4 is 0 Å². The Bertz CT molecular complexity index is 785. The molecular weight excluding hydrogens is 300 g/mol. The Morgan fingerprint density at radius 3 is 2.70 bits per heavy atom. The Balaban J connectivity index is 1.93. The molecule has 1 radical (unpaired) electrons. The molecule has 117 valence electrons. The third kappa shape index (κ3) is 2.35. The van der Waals surface area contributed by atoms with Crippen LogP contribution in [-0.4, -0.2) is 0 Å². The summed E-state index contributed by atoms with van der Waals surface area (Å²) in [5.41, 5.74) is 8.61. The fraction of sp³-hybridized carbons (Fsp3) is 0.318. The number of rotatable bonds is 2. The first-order chi connectivity index (χ1) is 11.2. The van der Waals surface area contributed by atoms with Crippen molar-refractivity contribution < 1.29 is 0 Å². The molecule has 0 saturated heterocycles. The average molecular weight is 322 g/mol. The summed E-state index contributed by atoms with van der Waals surface area (Å²) in [6, 6.07) is 10.9. The van der Waals surface area contributed by atoms with Gasteiger partial charge in [-0.15, -0.1) is 0 Å². The van der Waals surface area contributed by atoms with E-state index >= 15 is 0 Å². The Hall–Kier alpha value is -1.53. The van der Waals surface area contributed by atoms with Crippen LogP contribution in [0.3, 0.4) is 0 Å². The minimum atomic E-state index is 0.603. The van der Waals surface area contributed by atoms with Gasteiger partial charge in [-0.3, -0.25) is 0 Å². The van der Waals surface area contributed by atoms with Crippen molar-refractivity contribution >= 4 is 17.7 Å². The van der Waals surface area contributed by atoms with Gasteiger partial charge in [0.2, 0.25) is 0 Å². The van der Waals surface area contributed by atoms with Crippen molar-refractivity contribution in [2.24, 2.45) is 5.92 Å². The lowest BCUT2D eigenvalue weighted by molar-refractivity contribution is 0.513. The summed E-state index contributed by atoms with van der Waals surface area (Å²) in [5.74, 6) is 1.21. The topological polar surface area (TPSA) is 0 Å². The summed E-state index contributed by atoms with van der Waals surface area (Å²) in [5, 5.41) is 0.914. The first kappa shape index (κ1) is 15.0. The molecule has 4 rings (SSSR count). The Labute approximate surface area is 144 Å². The van der Waals surface area contributed by atoms with Crippen LogP contribution in [0.5, 0.6) is 0 Å². The number of hydrogen-bond acceptors (Lipinski definition) is 0. The second kappa shape index (κ2) is 5.83. The molecule has 23 heavy (non-hydrogen) atoms. The predicted octanol–water partition coefficient (Wildman–Crippen LogP) is 6.47. The second-order valence-electron chi connectivity index (χ2n) is 6.80. The van der Waals surface area contributed by atoms with E-state index in [1.54, 1.807) is 11.1 Å². The quantitative estimate of drug-likeness (QED) is 0.595. The molecule has 1 heteroatoms. The highest BCUT2D eigenvalue weighted by molar-refractivity contribution is 6.31. The van der Waals surface area contributed by atoms with Crippen molar-refractivity contribution in [3.8, 4) is 11.1 Å². The van der Waals surface area contributed by atoms with Crippen LogP contribution in [0.4, 0.5) is 0 Å². The van der Waals surface area contributed by atoms with Crippen LogP contribution in [-0.2, 0) is 12.8 Å². The molecule has 0 nitrogen and oxygen atoms in total. The molecule has 2 atom stereocenters. The molecule has 0 saturated carbocycles. The normalized spacial score (nSPS) is 19.7. The van der Waals surface area contributed by atoms with Gasteiger partial charge < -0.3 is 0 Å². The summed E-state index contributed by atoms with van der Waals surface area (Å²) in [6.45, 7) is 4.54. The van der Waals surface area contributed by atoms with Crippen molar-refractivity contribution in [2.75, 3.05) is 0 Å². The molecule has 2 aromatic carbocycles. The number of allylic oxidation sites excluding steroid dienone is 1. The summed E-state index contributed by atoms with van der Waals surface area (Å²) < 4.78 is 0. The molecule has 0 aliphatic heterocycles. The van der Waals surface area contributed by atoms with E-state index in [0.717, 1.165) is 24.3 Å². The molecule has 0 N–H and O–H groups in total. The van der Waals surface area contributed by atoms with E-state index in [1.165, 1.54) is 22.3 Å². The van der Waals surface area contributed by atoms with Crippen LogP contribution in [0.1, 0.15) is 48.4 Å². The highest BCUT2D eigenvalue weighted by Gasteiger charge is 2.28. The molecule has 0 spiro atoms. The van der Waals surface area contributed by atoms with Gasteiger partial charge in [0.25, 0.3) is 0 Å². The number of fused-ring (bicyclic) bond motifs is 5. The van der Waals surface area contributed by atoms with E-state index in [4.69, 9.17) is 11.6 Å². The highest BCUT2D eigenvalue weighted by Crippen LogP contribution is 2.45. The van der Waals surface area contributed by atoms with Gasteiger partial charge in [-0.2, -0.15) is 0 Å². The lowest BCUT2D eigenvalue weighted by Gasteiger charge is -2.32. The smallest absolute Gasteiger partial charge is 0.0444 e. The van der Waals surface area contributed by atoms with E-state index in [2.05, 4.69) is 56.7 Å². The zero-order valence-corrected chi connectivity index (χ0v) is 14.5. The Morgan fingerprint density at radius 2 is 1.87 bits per heavy atom. The highest BCUT2D eigenvalue weighted by atomic mass is 35.5. The minimum absolute atomic E-state index is 0.603. The number of halogens is 1. The van der Waals surface area contributed by atoms with Crippen LogP contribution in [0.25, 0.3) is 17.2 Å². The van der Waals surface area contributed by atoms with Gasteiger partial charge in [0.1, 0.15) is 0 Å². The molecule has 2 aliphatic carbocycles. The number of hydrogen-bond donors (Lipinski definition) is 0. The molecule has 2 aliphatic rings. The molecular formula is C22H22Cl.